The standard InChI is InChI=1S/C12H24O2/c1-9(14-4)10-5-7-11(8-6-10)12(2,3)13/h9-11,13H,5-8H2,1-4H3. The third kappa shape index (κ3) is 2.96. The molecule has 1 unspecified atom stereocenters. The van der Waals surface area contributed by atoms with Gasteiger partial charge in [-0.25, -0.2) is 0 Å². The predicted molar refractivity (Wildman–Crippen MR) is 58.2 cm³/mol. The molecule has 1 rings (SSSR count). The van der Waals surface area contributed by atoms with E-state index in [4.69, 9.17) is 4.74 Å². The Labute approximate surface area is 87.7 Å². The highest BCUT2D eigenvalue weighted by molar-refractivity contribution is 4.84. The summed E-state index contributed by atoms with van der Waals surface area (Å²) in [5.41, 5.74) is -0.499. The second-order valence-electron chi connectivity index (χ2n) is 5.21. The van der Waals surface area contributed by atoms with Gasteiger partial charge in [-0.15, -0.1) is 0 Å². The molecule has 0 aromatic heterocycles. The summed E-state index contributed by atoms with van der Waals surface area (Å²) in [6, 6.07) is 0. The van der Waals surface area contributed by atoms with E-state index < -0.39 is 5.60 Å². The molecule has 0 saturated heterocycles. The summed E-state index contributed by atoms with van der Waals surface area (Å²) < 4.78 is 5.35. The lowest BCUT2D eigenvalue weighted by Gasteiger charge is -2.37. The molecule has 2 nitrogen and oxygen atoms in total. The van der Waals surface area contributed by atoms with E-state index in [2.05, 4.69) is 6.92 Å². The highest BCUT2D eigenvalue weighted by Crippen LogP contribution is 2.36. The van der Waals surface area contributed by atoms with Gasteiger partial charge < -0.3 is 9.84 Å². The Morgan fingerprint density at radius 2 is 1.71 bits per heavy atom. The molecule has 0 heterocycles. The highest BCUT2D eigenvalue weighted by Gasteiger charge is 2.32. The van der Waals surface area contributed by atoms with Gasteiger partial charge in [0.2, 0.25) is 0 Å². The molecule has 0 radical (unpaired) electrons. The van der Waals surface area contributed by atoms with Crippen LogP contribution in [0, 0.1) is 11.8 Å². The molecule has 84 valence electrons. The SMILES string of the molecule is COC(C)C1CCC(C(C)(C)O)CC1. The van der Waals surface area contributed by atoms with Crippen LogP contribution in [-0.4, -0.2) is 23.9 Å². The quantitative estimate of drug-likeness (QED) is 0.759. The molecule has 0 spiro atoms. The fourth-order valence-electron chi connectivity index (χ4n) is 2.49. The minimum atomic E-state index is -0.499. The average Bonchev–Trinajstić information content (AvgIpc) is 2.15. The zero-order valence-electron chi connectivity index (χ0n) is 9.92. The zero-order chi connectivity index (χ0) is 10.8. The average molecular weight is 200 g/mol. The normalized spacial score (nSPS) is 31.5. The van der Waals surface area contributed by atoms with E-state index in [-0.39, 0.29) is 0 Å². The number of methoxy groups -OCH3 is 1. The molecule has 1 atom stereocenters. The summed E-state index contributed by atoms with van der Waals surface area (Å²) in [4.78, 5) is 0. The van der Waals surface area contributed by atoms with Crippen LogP contribution in [0.5, 0.6) is 0 Å². The first-order chi connectivity index (χ1) is 6.45. The molecule has 0 aromatic rings. The van der Waals surface area contributed by atoms with Gasteiger partial charge in [0.25, 0.3) is 0 Å². The van der Waals surface area contributed by atoms with Crippen molar-refractivity contribution in [2.75, 3.05) is 7.11 Å². The predicted octanol–water partition coefficient (Wildman–Crippen LogP) is 2.60. The van der Waals surface area contributed by atoms with E-state index in [9.17, 15) is 5.11 Å². The Morgan fingerprint density at radius 1 is 1.21 bits per heavy atom. The lowest BCUT2D eigenvalue weighted by molar-refractivity contribution is -0.0242. The minimum absolute atomic E-state index is 0.373. The van der Waals surface area contributed by atoms with Crippen molar-refractivity contribution in [3.05, 3.63) is 0 Å². The Bertz CT molecular complexity index is 164. The van der Waals surface area contributed by atoms with Crippen LogP contribution in [0.15, 0.2) is 0 Å². The Kier molecular flexibility index (Phi) is 3.96. The van der Waals surface area contributed by atoms with Crippen molar-refractivity contribution in [3.8, 4) is 0 Å². The van der Waals surface area contributed by atoms with Gasteiger partial charge in [-0.1, -0.05) is 0 Å². The van der Waals surface area contributed by atoms with Crippen molar-refractivity contribution in [1.29, 1.82) is 0 Å². The second kappa shape index (κ2) is 4.63. The minimum Gasteiger partial charge on any atom is -0.390 e. The number of hydrogen-bond acceptors (Lipinski definition) is 2. The van der Waals surface area contributed by atoms with Crippen molar-refractivity contribution >= 4 is 0 Å². The van der Waals surface area contributed by atoms with E-state index in [1.54, 1.807) is 7.11 Å². The fraction of sp³-hybridized carbons (Fsp3) is 1.00. The van der Waals surface area contributed by atoms with Gasteiger partial charge in [0.1, 0.15) is 0 Å². The topological polar surface area (TPSA) is 29.5 Å². The van der Waals surface area contributed by atoms with Crippen LogP contribution in [0.1, 0.15) is 46.5 Å². The van der Waals surface area contributed by atoms with E-state index in [1.165, 1.54) is 12.8 Å². The molecule has 2 heteroatoms. The molecule has 1 fully saturated rings. The van der Waals surface area contributed by atoms with Gasteiger partial charge in [0.05, 0.1) is 11.7 Å². The van der Waals surface area contributed by atoms with E-state index in [1.807, 2.05) is 13.8 Å². The van der Waals surface area contributed by atoms with Crippen molar-refractivity contribution in [3.63, 3.8) is 0 Å². The molecule has 0 amide bonds. The molecule has 14 heavy (non-hydrogen) atoms. The van der Waals surface area contributed by atoms with Gasteiger partial charge in [-0.3, -0.25) is 0 Å². The van der Waals surface area contributed by atoms with E-state index in [0.717, 1.165) is 12.8 Å². The smallest absolute Gasteiger partial charge is 0.0619 e. The summed E-state index contributed by atoms with van der Waals surface area (Å²) in [5.74, 6) is 1.17. The number of ether oxygens (including phenoxy) is 1. The van der Waals surface area contributed by atoms with Gasteiger partial charge in [0, 0.05) is 7.11 Å². The van der Waals surface area contributed by atoms with Crippen LogP contribution in [0.3, 0.4) is 0 Å². The summed E-state index contributed by atoms with van der Waals surface area (Å²) in [6.07, 6.45) is 5.05. The molecular weight excluding hydrogens is 176 g/mol. The number of hydrogen-bond donors (Lipinski definition) is 1. The first kappa shape index (κ1) is 12.0. The lowest BCUT2D eigenvalue weighted by Crippen LogP contribution is -2.36. The molecule has 1 aliphatic carbocycles. The van der Waals surface area contributed by atoms with Crippen molar-refractivity contribution in [2.45, 2.75) is 58.2 Å². The maximum atomic E-state index is 9.89. The van der Waals surface area contributed by atoms with Crippen molar-refractivity contribution in [2.24, 2.45) is 11.8 Å². The van der Waals surface area contributed by atoms with Crippen LogP contribution in [-0.2, 0) is 4.74 Å². The molecule has 1 aliphatic rings. The van der Waals surface area contributed by atoms with E-state index >= 15 is 0 Å². The monoisotopic (exact) mass is 200 g/mol. The molecule has 1 N–H and O–H groups in total. The first-order valence-electron chi connectivity index (χ1n) is 5.70. The number of rotatable bonds is 3. The molecule has 0 aliphatic heterocycles. The maximum absolute atomic E-state index is 9.89. The van der Waals surface area contributed by atoms with Crippen LogP contribution in [0.25, 0.3) is 0 Å². The first-order valence-corrected chi connectivity index (χ1v) is 5.70. The Morgan fingerprint density at radius 3 is 2.07 bits per heavy atom. The highest BCUT2D eigenvalue weighted by atomic mass is 16.5. The van der Waals surface area contributed by atoms with Crippen LogP contribution >= 0.6 is 0 Å². The van der Waals surface area contributed by atoms with Gasteiger partial charge >= 0.3 is 0 Å². The largest absolute Gasteiger partial charge is 0.390 e. The molecule has 1 saturated carbocycles. The third-order valence-electron chi connectivity index (χ3n) is 3.81. The van der Waals surface area contributed by atoms with Gasteiger partial charge in [-0.2, -0.15) is 0 Å². The van der Waals surface area contributed by atoms with Crippen molar-refractivity contribution < 1.29 is 9.84 Å². The van der Waals surface area contributed by atoms with Gasteiger partial charge in [0.15, 0.2) is 0 Å². The summed E-state index contributed by atoms with van der Waals surface area (Å²) in [7, 11) is 1.78. The van der Waals surface area contributed by atoms with E-state index in [0.29, 0.717) is 17.9 Å². The third-order valence-corrected chi connectivity index (χ3v) is 3.81. The summed E-state index contributed by atoms with van der Waals surface area (Å²) in [5, 5.41) is 9.89. The van der Waals surface area contributed by atoms with Crippen LogP contribution < -0.4 is 0 Å². The Hall–Kier alpha value is -0.0800. The fourth-order valence-corrected chi connectivity index (χ4v) is 2.49. The second-order valence-corrected chi connectivity index (χ2v) is 5.21. The maximum Gasteiger partial charge on any atom is 0.0619 e. The molecule has 0 aromatic carbocycles. The van der Waals surface area contributed by atoms with Crippen LogP contribution in [0.4, 0.5) is 0 Å². The Balaban J connectivity index is 2.39. The molecule has 0 bridgehead atoms. The lowest BCUT2D eigenvalue weighted by atomic mass is 9.73. The zero-order valence-corrected chi connectivity index (χ0v) is 9.92. The van der Waals surface area contributed by atoms with Gasteiger partial charge in [-0.05, 0) is 58.3 Å². The summed E-state index contributed by atoms with van der Waals surface area (Å²) >= 11 is 0. The van der Waals surface area contributed by atoms with Crippen molar-refractivity contribution in [1.82, 2.24) is 0 Å². The van der Waals surface area contributed by atoms with Crippen LogP contribution in [0.2, 0.25) is 0 Å². The number of aliphatic hydroxyl groups is 1. The molecular formula is C12H24O2. The summed E-state index contributed by atoms with van der Waals surface area (Å²) in [6.45, 7) is 6.00.